The van der Waals surface area contributed by atoms with E-state index in [0.29, 0.717) is 30.4 Å². The van der Waals surface area contributed by atoms with Crippen molar-refractivity contribution in [2.24, 2.45) is 5.73 Å². The third-order valence-corrected chi connectivity index (χ3v) is 3.60. The van der Waals surface area contributed by atoms with Crippen LogP contribution < -0.4 is 5.73 Å². The molecule has 2 rings (SSSR count). The number of hydrogen-bond acceptors (Lipinski definition) is 5. The quantitative estimate of drug-likeness (QED) is 0.857. The van der Waals surface area contributed by atoms with E-state index in [9.17, 15) is 0 Å². The molecule has 2 heterocycles. The zero-order chi connectivity index (χ0) is 12.3. The van der Waals surface area contributed by atoms with Crippen molar-refractivity contribution in [1.29, 1.82) is 0 Å². The van der Waals surface area contributed by atoms with Crippen molar-refractivity contribution >= 4 is 0 Å². The Morgan fingerprint density at radius 1 is 1.35 bits per heavy atom. The molecule has 0 spiro atoms. The van der Waals surface area contributed by atoms with Gasteiger partial charge in [-0.05, 0) is 19.8 Å². The van der Waals surface area contributed by atoms with Crippen LogP contribution in [0.2, 0.25) is 0 Å². The highest BCUT2D eigenvalue weighted by Crippen LogP contribution is 2.24. The highest BCUT2D eigenvalue weighted by atomic mass is 16.4. The first-order chi connectivity index (χ1) is 8.24. The number of aromatic nitrogens is 2. The lowest BCUT2D eigenvalue weighted by atomic mass is 9.96. The fraction of sp³-hybridized carbons (Fsp3) is 0.833. The monoisotopic (exact) mass is 238 g/mol. The summed E-state index contributed by atoms with van der Waals surface area (Å²) in [5.74, 6) is 1.43. The number of hydrogen-bond donors (Lipinski definition) is 1. The molecule has 1 aromatic rings. The van der Waals surface area contributed by atoms with E-state index in [1.807, 2.05) is 6.92 Å². The van der Waals surface area contributed by atoms with Crippen LogP contribution in [0.1, 0.15) is 44.9 Å². The molecule has 2 unspecified atom stereocenters. The van der Waals surface area contributed by atoms with Gasteiger partial charge in [0.1, 0.15) is 0 Å². The molecule has 0 radical (unpaired) electrons. The van der Waals surface area contributed by atoms with Gasteiger partial charge in [-0.1, -0.05) is 13.3 Å². The van der Waals surface area contributed by atoms with Crippen LogP contribution in [0.15, 0.2) is 4.42 Å². The van der Waals surface area contributed by atoms with Crippen molar-refractivity contribution in [3.05, 3.63) is 11.8 Å². The maximum atomic E-state index is 5.83. The lowest BCUT2D eigenvalue weighted by Gasteiger charge is -2.39. The van der Waals surface area contributed by atoms with Crippen LogP contribution in [0, 0.1) is 0 Å². The van der Waals surface area contributed by atoms with Gasteiger partial charge in [0.05, 0.1) is 6.54 Å². The summed E-state index contributed by atoms with van der Waals surface area (Å²) in [6.45, 7) is 5.71. The van der Waals surface area contributed by atoms with Crippen LogP contribution in [0.4, 0.5) is 0 Å². The van der Waals surface area contributed by atoms with Crippen molar-refractivity contribution < 1.29 is 4.42 Å². The molecule has 0 aromatic carbocycles. The van der Waals surface area contributed by atoms with Gasteiger partial charge in [0.25, 0.3) is 0 Å². The van der Waals surface area contributed by atoms with E-state index in [0.717, 1.165) is 13.0 Å². The van der Waals surface area contributed by atoms with E-state index in [4.69, 9.17) is 10.2 Å². The molecule has 0 amide bonds. The Bertz CT molecular complexity index is 352. The Labute approximate surface area is 102 Å². The second-order valence-electron chi connectivity index (χ2n) is 4.78. The molecule has 1 aliphatic heterocycles. The smallest absolute Gasteiger partial charge is 0.230 e. The number of aryl methyl sites for hydroxylation is 1. The Morgan fingerprint density at radius 2 is 2.12 bits per heavy atom. The van der Waals surface area contributed by atoms with Gasteiger partial charge in [0, 0.05) is 25.0 Å². The zero-order valence-electron chi connectivity index (χ0n) is 10.7. The topological polar surface area (TPSA) is 68.2 Å². The van der Waals surface area contributed by atoms with Crippen LogP contribution in [0.25, 0.3) is 0 Å². The largest absolute Gasteiger partial charge is 0.424 e. The third-order valence-electron chi connectivity index (χ3n) is 3.60. The van der Waals surface area contributed by atoms with E-state index in [1.54, 1.807) is 0 Å². The average molecular weight is 238 g/mol. The number of rotatable bonds is 4. The van der Waals surface area contributed by atoms with E-state index in [-0.39, 0.29) is 0 Å². The van der Waals surface area contributed by atoms with Gasteiger partial charge in [0.15, 0.2) is 0 Å². The molecular formula is C12H22N4O. The Morgan fingerprint density at radius 3 is 2.76 bits per heavy atom. The SMILES string of the molecule is CCc1nnc(CN2C(C)CCCC2CN)o1. The molecule has 1 aromatic heterocycles. The standard InChI is InChI=1S/C12H22N4O/c1-3-11-14-15-12(17-11)8-16-9(2)5-4-6-10(16)7-13/h9-10H,3-8,13H2,1-2H3. The summed E-state index contributed by atoms with van der Waals surface area (Å²) in [4.78, 5) is 2.40. The Hall–Kier alpha value is -0.940. The van der Waals surface area contributed by atoms with Crippen LogP contribution in [-0.2, 0) is 13.0 Å². The Kier molecular flexibility index (Phi) is 4.12. The van der Waals surface area contributed by atoms with Gasteiger partial charge in [-0.2, -0.15) is 0 Å². The minimum absolute atomic E-state index is 0.454. The fourth-order valence-corrected chi connectivity index (χ4v) is 2.53. The van der Waals surface area contributed by atoms with Gasteiger partial charge < -0.3 is 10.2 Å². The van der Waals surface area contributed by atoms with Gasteiger partial charge in [-0.25, -0.2) is 0 Å². The summed E-state index contributed by atoms with van der Waals surface area (Å²) in [6.07, 6.45) is 4.47. The van der Waals surface area contributed by atoms with Gasteiger partial charge >= 0.3 is 0 Å². The lowest BCUT2D eigenvalue weighted by molar-refractivity contribution is 0.0790. The van der Waals surface area contributed by atoms with Crippen LogP contribution in [-0.4, -0.2) is 33.7 Å². The third kappa shape index (κ3) is 2.84. The molecule has 0 aliphatic carbocycles. The van der Waals surface area contributed by atoms with Crippen molar-refractivity contribution in [3.63, 3.8) is 0 Å². The second-order valence-corrected chi connectivity index (χ2v) is 4.78. The Balaban J connectivity index is 2.03. The van der Waals surface area contributed by atoms with E-state index in [2.05, 4.69) is 22.0 Å². The minimum Gasteiger partial charge on any atom is -0.424 e. The van der Waals surface area contributed by atoms with Crippen molar-refractivity contribution in [3.8, 4) is 0 Å². The van der Waals surface area contributed by atoms with Crippen molar-refractivity contribution in [2.45, 2.75) is 58.2 Å². The number of likely N-dealkylation sites (tertiary alicyclic amines) is 1. The van der Waals surface area contributed by atoms with E-state index >= 15 is 0 Å². The number of nitrogens with zero attached hydrogens (tertiary/aromatic N) is 3. The van der Waals surface area contributed by atoms with Crippen LogP contribution in [0.5, 0.6) is 0 Å². The second kappa shape index (κ2) is 5.60. The molecule has 1 fully saturated rings. The number of nitrogens with two attached hydrogens (primary N) is 1. The lowest BCUT2D eigenvalue weighted by Crippen LogP contribution is -2.48. The first-order valence-electron chi connectivity index (χ1n) is 6.51. The zero-order valence-corrected chi connectivity index (χ0v) is 10.7. The summed E-state index contributed by atoms with van der Waals surface area (Å²) in [5.41, 5.74) is 5.83. The minimum atomic E-state index is 0.454. The summed E-state index contributed by atoms with van der Waals surface area (Å²) in [5, 5.41) is 8.09. The van der Waals surface area contributed by atoms with Crippen LogP contribution in [0.3, 0.4) is 0 Å². The summed E-state index contributed by atoms with van der Waals surface area (Å²) >= 11 is 0. The molecular weight excluding hydrogens is 216 g/mol. The molecule has 2 N–H and O–H groups in total. The van der Waals surface area contributed by atoms with Crippen LogP contribution >= 0.6 is 0 Å². The normalized spacial score (nSPS) is 26.3. The summed E-state index contributed by atoms with van der Waals surface area (Å²) in [7, 11) is 0. The maximum absolute atomic E-state index is 5.83. The van der Waals surface area contributed by atoms with Crippen molar-refractivity contribution in [2.75, 3.05) is 6.54 Å². The summed E-state index contributed by atoms with van der Waals surface area (Å²) < 4.78 is 5.57. The highest BCUT2D eigenvalue weighted by molar-refractivity contribution is 4.88. The summed E-state index contributed by atoms with van der Waals surface area (Å²) in [6, 6.07) is 1.00. The fourth-order valence-electron chi connectivity index (χ4n) is 2.53. The molecule has 5 nitrogen and oxygen atoms in total. The molecule has 1 saturated heterocycles. The van der Waals surface area contributed by atoms with E-state index < -0.39 is 0 Å². The highest BCUT2D eigenvalue weighted by Gasteiger charge is 2.28. The van der Waals surface area contributed by atoms with Crippen molar-refractivity contribution in [1.82, 2.24) is 15.1 Å². The first-order valence-corrected chi connectivity index (χ1v) is 6.51. The molecule has 0 bridgehead atoms. The first kappa shape index (κ1) is 12.5. The average Bonchev–Trinajstić information content (AvgIpc) is 2.79. The molecule has 17 heavy (non-hydrogen) atoms. The predicted octanol–water partition coefficient (Wildman–Crippen LogP) is 1.33. The maximum Gasteiger partial charge on any atom is 0.230 e. The molecule has 96 valence electrons. The van der Waals surface area contributed by atoms with Gasteiger partial charge in [-0.3, -0.25) is 4.90 Å². The number of piperidine rings is 1. The van der Waals surface area contributed by atoms with Gasteiger partial charge in [-0.15, -0.1) is 10.2 Å². The predicted molar refractivity (Wildman–Crippen MR) is 65.4 cm³/mol. The van der Waals surface area contributed by atoms with E-state index in [1.165, 1.54) is 19.3 Å². The molecule has 5 heteroatoms. The van der Waals surface area contributed by atoms with Gasteiger partial charge in [0.2, 0.25) is 11.8 Å². The molecule has 0 saturated carbocycles. The molecule has 2 atom stereocenters. The molecule has 1 aliphatic rings.